The Bertz CT molecular complexity index is 589. The van der Waals surface area contributed by atoms with Crippen molar-refractivity contribution in [3.8, 4) is 0 Å². The minimum absolute atomic E-state index is 0.198. The van der Waals surface area contributed by atoms with E-state index in [1.807, 2.05) is 54.6 Å². The maximum absolute atomic E-state index is 11.8. The minimum atomic E-state index is -0.558. The fourth-order valence-electron chi connectivity index (χ4n) is 1.86. The predicted octanol–water partition coefficient (Wildman–Crippen LogP) is 3.41. The van der Waals surface area contributed by atoms with Gasteiger partial charge < -0.3 is 15.2 Å². The number of aliphatic hydroxyl groups is 1. The second kappa shape index (κ2) is 7.81. The monoisotopic (exact) mass is 349 g/mol. The number of carbonyl (C=O) groups is 1. The highest BCUT2D eigenvalue weighted by Gasteiger charge is 2.14. The Hall–Kier alpha value is -1.85. The summed E-state index contributed by atoms with van der Waals surface area (Å²) in [6, 6.07) is 16.3. The molecular weight excluding hydrogens is 334 g/mol. The minimum Gasteiger partial charge on any atom is -0.445 e. The van der Waals surface area contributed by atoms with Gasteiger partial charge in [0.1, 0.15) is 6.61 Å². The molecule has 2 aromatic rings. The molecule has 0 radical (unpaired) electrons. The molecule has 0 bridgehead atoms. The van der Waals surface area contributed by atoms with E-state index in [2.05, 4.69) is 21.2 Å². The van der Waals surface area contributed by atoms with Gasteiger partial charge in [0.05, 0.1) is 12.6 Å². The third-order valence-electron chi connectivity index (χ3n) is 2.94. The van der Waals surface area contributed by atoms with Crippen LogP contribution in [0.4, 0.5) is 4.79 Å². The Labute approximate surface area is 131 Å². The molecule has 0 aliphatic carbocycles. The molecule has 0 unspecified atom stereocenters. The number of halogens is 1. The van der Waals surface area contributed by atoms with Crippen LogP contribution in [0.3, 0.4) is 0 Å². The summed E-state index contributed by atoms with van der Waals surface area (Å²) in [6.07, 6.45) is -0.558. The van der Waals surface area contributed by atoms with E-state index in [1.54, 1.807) is 0 Å². The number of alkyl carbamates (subject to hydrolysis) is 1. The number of amides is 1. The molecule has 21 heavy (non-hydrogen) atoms. The average molecular weight is 350 g/mol. The molecule has 0 saturated heterocycles. The summed E-state index contributed by atoms with van der Waals surface area (Å²) in [7, 11) is 0. The lowest BCUT2D eigenvalue weighted by molar-refractivity contribution is 0.129. The standard InChI is InChI=1S/C16H16BrNO3/c17-14-8-4-7-13(9-14)15(10-19)18-16(20)21-11-12-5-2-1-3-6-12/h1-9,15,19H,10-11H2,(H,18,20)/t15-/m1/s1. The van der Waals surface area contributed by atoms with Gasteiger partial charge in [0.2, 0.25) is 0 Å². The molecule has 4 nitrogen and oxygen atoms in total. The maximum atomic E-state index is 11.8. The van der Waals surface area contributed by atoms with Crippen LogP contribution in [0.1, 0.15) is 17.2 Å². The van der Waals surface area contributed by atoms with E-state index in [9.17, 15) is 9.90 Å². The summed E-state index contributed by atoms with van der Waals surface area (Å²) in [5, 5.41) is 12.1. The number of ether oxygens (including phenoxy) is 1. The number of benzene rings is 2. The summed E-state index contributed by atoms with van der Waals surface area (Å²) in [5.41, 5.74) is 1.72. The first-order valence-electron chi connectivity index (χ1n) is 6.52. The van der Waals surface area contributed by atoms with Gasteiger partial charge in [-0.25, -0.2) is 4.79 Å². The summed E-state index contributed by atoms with van der Waals surface area (Å²) in [5.74, 6) is 0. The van der Waals surface area contributed by atoms with Crippen molar-refractivity contribution in [3.63, 3.8) is 0 Å². The Morgan fingerprint density at radius 3 is 2.62 bits per heavy atom. The van der Waals surface area contributed by atoms with Crippen LogP contribution in [-0.4, -0.2) is 17.8 Å². The van der Waals surface area contributed by atoms with Crippen LogP contribution in [0, 0.1) is 0 Å². The van der Waals surface area contributed by atoms with E-state index in [0.29, 0.717) is 0 Å². The normalized spacial score (nSPS) is 11.7. The summed E-state index contributed by atoms with van der Waals surface area (Å²) in [4.78, 5) is 11.8. The number of rotatable bonds is 5. The van der Waals surface area contributed by atoms with Crippen LogP contribution in [0.25, 0.3) is 0 Å². The predicted molar refractivity (Wildman–Crippen MR) is 83.7 cm³/mol. The van der Waals surface area contributed by atoms with Crippen LogP contribution in [0.5, 0.6) is 0 Å². The second-order valence-electron chi connectivity index (χ2n) is 4.50. The van der Waals surface area contributed by atoms with Gasteiger partial charge in [-0.15, -0.1) is 0 Å². The van der Waals surface area contributed by atoms with Crippen molar-refractivity contribution in [3.05, 3.63) is 70.2 Å². The van der Waals surface area contributed by atoms with Crippen molar-refractivity contribution in [1.29, 1.82) is 0 Å². The van der Waals surface area contributed by atoms with Gasteiger partial charge in [-0.05, 0) is 23.3 Å². The highest BCUT2D eigenvalue weighted by molar-refractivity contribution is 9.10. The SMILES string of the molecule is O=C(N[C@H](CO)c1cccc(Br)c1)OCc1ccccc1. The molecular formula is C16H16BrNO3. The van der Waals surface area contributed by atoms with E-state index in [1.165, 1.54) is 0 Å². The van der Waals surface area contributed by atoms with Crippen LogP contribution in [0.2, 0.25) is 0 Å². The van der Waals surface area contributed by atoms with E-state index >= 15 is 0 Å². The van der Waals surface area contributed by atoms with Gasteiger partial charge in [-0.2, -0.15) is 0 Å². The van der Waals surface area contributed by atoms with Gasteiger partial charge in [0, 0.05) is 4.47 Å². The molecule has 0 aliphatic heterocycles. The topological polar surface area (TPSA) is 58.6 Å². The largest absolute Gasteiger partial charge is 0.445 e. The van der Waals surface area contributed by atoms with Crippen LogP contribution in [0.15, 0.2) is 59.1 Å². The van der Waals surface area contributed by atoms with Gasteiger partial charge in [0.15, 0.2) is 0 Å². The molecule has 2 N–H and O–H groups in total. The molecule has 1 atom stereocenters. The van der Waals surface area contributed by atoms with Crippen LogP contribution < -0.4 is 5.32 Å². The number of nitrogens with one attached hydrogen (secondary N) is 1. The second-order valence-corrected chi connectivity index (χ2v) is 5.41. The van der Waals surface area contributed by atoms with E-state index < -0.39 is 12.1 Å². The zero-order chi connectivity index (χ0) is 15.1. The smallest absolute Gasteiger partial charge is 0.408 e. The summed E-state index contributed by atoms with van der Waals surface area (Å²) in [6.45, 7) is 0.000195. The molecule has 0 aliphatic rings. The van der Waals surface area contributed by atoms with Crippen molar-refractivity contribution in [2.75, 3.05) is 6.61 Å². The Morgan fingerprint density at radius 2 is 1.95 bits per heavy atom. The highest BCUT2D eigenvalue weighted by Crippen LogP contribution is 2.18. The summed E-state index contributed by atoms with van der Waals surface area (Å²) >= 11 is 3.36. The molecule has 110 valence electrons. The van der Waals surface area contributed by atoms with E-state index in [4.69, 9.17) is 4.74 Å². The van der Waals surface area contributed by atoms with Crippen molar-refractivity contribution in [1.82, 2.24) is 5.32 Å². The fraction of sp³-hybridized carbons (Fsp3) is 0.188. The fourth-order valence-corrected chi connectivity index (χ4v) is 2.28. The molecule has 1 amide bonds. The van der Waals surface area contributed by atoms with Gasteiger partial charge in [-0.3, -0.25) is 0 Å². The molecule has 2 rings (SSSR count). The maximum Gasteiger partial charge on any atom is 0.408 e. The van der Waals surface area contributed by atoms with E-state index in [-0.39, 0.29) is 13.2 Å². The van der Waals surface area contributed by atoms with Crippen molar-refractivity contribution >= 4 is 22.0 Å². The molecule has 0 heterocycles. The molecule has 5 heteroatoms. The Morgan fingerprint density at radius 1 is 1.19 bits per heavy atom. The van der Waals surface area contributed by atoms with Crippen molar-refractivity contribution < 1.29 is 14.6 Å². The molecule has 0 spiro atoms. The van der Waals surface area contributed by atoms with Crippen molar-refractivity contribution in [2.24, 2.45) is 0 Å². The van der Waals surface area contributed by atoms with Crippen molar-refractivity contribution in [2.45, 2.75) is 12.6 Å². The quantitative estimate of drug-likeness (QED) is 0.869. The lowest BCUT2D eigenvalue weighted by atomic mass is 10.1. The lowest BCUT2D eigenvalue weighted by Gasteiger charge is -2.17. The average Bonchev–Trinajstić information content (AvgIpc) is 2.51. The molecule has 0 aromatic heterocycles. The van der Waals surface area contributed by atoms with Gasteiger partial charge in [-0.1, -0.05) is 58.4 Å². The summed E-state index contributed by atoms with van der Waals surface area (Å²) < 4.78 is 6.03. The number of aliphatic hydroxyl groups excluding tert-OH is 1. The Balaban J connectivity index is 1.91. The highest BCUT2D eigenvalue weighted by atomic mass is 79.9. The lowest BCUT2D eigenvalue weighted by Crippen LogP contribution is -2.31. The number of hydrogen-bond acceptors (Lipinski definition) is 3. The third kappa shape index (κ3) is 4.88. The molecule has 0 fully saturated rings. The first kappa shape index (κ1) is 15.5. The molecule has 2 aromatic carbocycles. The first-order valence-corrected chi connectivity index (χ1v) is 7.32. The first-order chi connectivity index (χ1) is 10.2. The van der Waals surface area contributed by atoms with Crippen LogP contribution >= 0.6 is 15.9 Å². The number of hydrogen-bond donors (Lipinski definition) is 2. The zero-order valence-corrected chi connectivity index (χ0v) is 12.9. The third-order valence-corrected chi connectivity index (χ3v) is 3.43. The Kier molecular flexibility index (Phi) is 5.78. The van der Waals surface area contributed by atoms with E-state index in [0.717, 1.165) is 15.6 Å². The van der Waals surface area contributed by atoms with Gasteiger partial charge in [0.25, 0.3) is 0 Å². The van der Waals surface area contributed by atoms with Gasteiger partial charge >= 0.3 is 6.09 Å². The zero-order valence-electron chi connectivity index (χ0n) is 11.3. The van der Waals surface area contributed by atoms with Crippen LogP contribution in [-0.2, 0) is 11.3 Å². The molecule has 0 saturated carbocycles. The number of carbonyl (C=O) groups excluding carboxylic acids is 1.